The zero-order chi connectivity index (χ0) is 46.8. The van der Waals surface area contributed by atoms with Gasteiger partial charge in [0.2, 0.25) is 5.91 Å². The summed E-state index contributed by atoms with van der Waals surface area (Å²) in [6, 6.07) is 17.0. The van der Waals surface area contributed by atoms with Gasteiger partial charge in [-0.05, 0) is 96.3 Å². The predicted octanol–water partition coefficient (Wildman–Crippen LogP) is 9.82. The van der Waals surface area contributed by atoms with E-state index in [1.165, 1.54) is 24.6 Å². The number of amides is 2. The number of benzene rings is 3. The number of aromatic amines is 1. The molecule has 2 aliphatic heterocycles. The van der Waals surface area contributed by atoms with E-state index in [9.17, 15) is 32.9 Å². The lowest BCUT2D eigenvalue weighted by atomic mass is 9.72. The Morgan fingerprint density at radius 1 is 1.06 bits per heavy atom. The number of nitro benzene ring substituents is 1. The number of halogens is 4. The summed E-state index contributed by atoms with van der Waals surface area (Å²) in [4.78, 5) is 51.9. The van der Waals surface area contributed by atoms with Gasteiger partial charge in [0, 0.05) is 92.1 Å². The first kappa shape index (κ1) is 46.7. The third kappa shape index (κ3) is 10.9. The van der Waals surface area contributed by atoms with E-state index in [0.29, 0.717) is 67.7 Å². The van der Waals surface area contributed by atoms with Gasteiger partial charge >= 0.3 is 6.18 Å². The fourth-order valence-corrected chi connectivity index (χ4v) is 9.67. The van der Waals surface area contributed by atoms with Crippen molar-refractivity contribution in [2.24, 2.45) is 5.41 Å². The van der Waals surface area contributed by atoms with Crippen LogP contribution in [0.3, 0.4) is 0 Å². The summed E-state index contributed by atoms with van der Waals surface area (Å²) >= 11 is 7.48. The number of piperazine rings is 1. The number of nitro groups is 1. The van der Waals surface area contributed by atoms with Gasteiger partial charge in [-0.1, -0.05) is 37.1 Å². The molecule has 2 saturated heterocycles. The molecule has 3 aliphatic rings. The van der Waals surface area contributed by atoms with Crippen molar-refractivity contribution in [1.29, 1.82) is 0 Å². The molecular formula is C47H50ClF3N8O6S. The highest BCUT2D eigenvalue weighted by molar-refractivity contribution is 7.98. The maximum absolute atomic E-state index is 13.9. The van der Waals surface area contributed by atoms with Crippen molar-refractivity contribution in [3.05, 3.63) is 117 Å². The number of aromatic nitrogens is 2. The van der Waals surface area contributed by atoms with Crippen molar-refractivity contribution in [2.75, 3.05) is 69.2 Å². The lowest BCUT2D eigenvalue weighted by Gasteiger charge is -2.39. The van der Waals surface area contributed by atoms with Crippen LogP contribution in [-0.2, 0) is 15.7 Å². The van der Waals surface area contributed by atoms with Crippen LogP contribution < -0.4 is 19.7 Å². The molecule has 1 atom stereocenters. The number of carbonyl (C=O) groups excluding carboxylic acids is 2. The summed E-state index contributed by atoms with van der Waals surface area (Å²) in [5, 5.41) is 16.2. The highest BCUT2D eigenvalue weighted by Gasteiger charge is 2.34. The molecular weight excluding hydrogens is 897 g/mol. The molecule has 0 bridgehead atoms. The predicted molar refractivity (Wildman–Crippen MR) is 249 cm³/mol. The molecule has 5 aromatic rings. The SMILES string of the molecule is CC(=O)N1CCOCC1CNc1ccc(SNC(=O)c2ccc(N3CCN(CC4=C(c5ccc(C(F)(F)F)cc5Cl)CC(C)(C)CC4)CC3)cc2Oc2cnc3[nH]ccc3c2)cc1[N+](=O)[O-]. The first-order chi connectivity index (χ1) is 31.5. The van der Waals surface area contributed by atoms with Crippen LogP contribution in [0.15, 0.2) is 89.6 Å². The van der Waals surface area contributed by atoms with Crippen LogP contribution in [0.25, 0.3) is 16.6 Å². The van der Waals surface area contributed by atoms with Crippen molar-refractivity contribution < 1.29 is 37.2 Å². The molecule has 66 heavy (non-hydrogen) atoms. The van der Waals surface area contributed by atoms with Crippen molar-refractivity contribution in [2.45, 2.75) is 57.1 Å². The van der Waals surface area contributed by atoms with Crippen LogP contribution in [0.2, 0.25) is 5.02 Å². The minimum absolute atomic E-state index is 0.0222. The van der Waals surface area contributed by atoms with E-state index in [4.69, 9.17) is 21.1 Å². The van der Waals surface area contributed by atoms with Crippen LogP contribution in [0.1, 0.15) is 61.5 Å². The second-order valence-corrected chi connectivity index (χ2v) is 18.8. The Bertz CT molecular complexity index is 2670. The summed E-state index contributed by atoms with van der Waals surface area (Å²) in [5.41, 5.74) is 3.91. The summed E-state index contributed by atoms with van der Waals surface area (Å²) in [6.45, 7) is 10.7. The first-order valence-electron chi connectivity index (χ1n) is 21.7. The zero-order valence-electron chi connectivity index (χ0n) is 36.7. The van der Waals surface area contributed by atoms with Crippen LogP contribution >= 0.6 is 23.5 Å². The fourth-order valence-electron chi connectivity index (χ4n) is 8.75. The third-order valence-corrected chi connectivity index (χ3v) is 13.4. The molecule has 0 spiro atoms. The van der Waals surface area contributed by atoms with Crippen LogP contribution in [0, 0.1) is 15.5 Å². The highest BCUT2D eigenvalue weighted by Crippen LogP contribution is 2.46. The molecule has 3 N–H and O–H groups in total. The standard InChI is InChI=1S/C47H50ClF3N8O6S/c1-29(60)58-18-19-64-28-34(58)25-53-41-9-6-36(23-42(41)59(62)63)66-55-45(61)38-8-5-33(22-43(38)65-35-20-30-11-13-52-44(30)54-26-35)57-16-14-56(15-17-57)27-31-10-12-46(2,3)24-39(31)37-7-4-32(21-40(37)48)47(49,50)51/h4-9,11,13,20-23,26,34,53H,10,12,14-19,24-25,27-28H2,1-3H3,(H,52,54)(H,55,61). The Morgan fingerprint density at radius 2 is 1.86 bits per heavy atom. The van der Waals surface area contributed by atoms with E-state index in [0.717, 1.165) is 66.7 Å². The number of nitrogens with one attached hydrogen (secondary N) is 3. The van der Waals surface area contributed by atoms with E-state index < -0.39 is 22.6 Å². The van der Waals surface area contributed by atoms with E-state index in [2.05, 4.69) is 43.7 Å². The number of carbonyl (C=O) groups is 2. The first-order valence-corrected chi connectivity index (χ1v) is 22.9. The monoisotopic (exact) mass is 946 g/mol. The topological polar surface area (TPSA) is 158 Å². The molecule has 2 aromatic heterocycles. The zero-order valence-corrected chi connectivity index (χ0v) is 38.2. The Hall–Kier alpha value is -5.82. The number of ether oxygens (including phenoxy) is 2. The average Bonchev–Trinajstić information content (AvgIpc) is 3.76. The maximum atomic E-state index is 13.9. The Kier molecular flexibility index (Phi) is 13.8. The lowest BCUT2D eigenvalue weighted by Crippen LogP contribution is -2.50. The van der Waals surface area contributed by atoms with Gasteiger partial charge in [0.1, 0.15) is 22.8 Å². The summed E-state index contributed by atoms with van der Waals surface area (Å²) in [5.74, 6) is 0.125. The van der Waals surface area contributed by atoms with E-state index in [1.807, 2.05) is 24.3 Å². The number of hydrogen-bond donors (Lipinski definition) is 3. The molecule has 2 fully saturated rings. The summed E-state index contributed by atoms with van der Waals surface area (Å²) in [6.07, 6.45) is 1.36. The summed E-state index contributed by atoms with van der Waals surface area (Å²) in [7, 11) is 0. The number of allylic oxidation sites excluding steroid dienone is 1. The number of nitrogens with zero attached hydrogens (tertiary/aromatic N) is 5. The van der Waals surface area contributed by atoms with Crippen molar-refractivity contribution in [3.8, 4) is 11.5 Å². The smallest absolute Gasteiger partial charge is 0.416 e. The Balaban J connectivity index is 0.970. The second-order valence-electron chi connectivity index (χ2n) is 17.5. The molecule has 3 aromatic carbocycles. The number of pyridine rings is 1. The summed E-state index contributed by atoms with van der Waals surface area (Å²) < 4.78 is 55.2. The molecule has 1 aliphatic carbocycles. The Labute approximate surface area is 389 Å². The number of anilines is 2. The molecule has 0 saturated carbocycles. The lowest BCUT2D eigenvalue weighted by molar-refractivity contribution is -0.384. The van der Waals surface area contributed by atoms with E-state index in [1.54, 1.807) is 35.5 Å². The average molecular weight is 947 g/mol. The van der Waals surface area contributed by atoms with Crippen molar-refractivity contribution in [1.82, 2.24) is 24.5 Å². The van der Waals surface area contributed by atoms with Crippen LogP contribution in [-0.4, -0.2) is 102 Å². The number of fused-ring (bicyclic) bond motifs is 1. The van der Waals surface area contributed by atoms with Gasteiger partial charge in [-0.3, -0.25) is 29.3 Å². The number of hydrogen-bond acceptors (Lipinski definition) is 11. The molecule has 19 heteroatoms. The van der Waals surface area contributed by atoms with Crippen LogP contribution in [0.4, 0.5) is 30.2 Å². The minimum atomic E-state index is -4.48. The van der Waals surface area contributed by atoms with Gasteiger partial charge < -0.3 is 29.6 Å². The van der Waals surface area contributed by atoms with Gasteiger partial charge in [-0.25, -0.2) is 4.98 Å². The quantitative estimate of drug-likeness (QED) is 0.0586. The Morgan fingerprint density at radius 3 is 2.61 bits per heavy atom. The normalized spacial score (nSPS) is 18.1. The molecule has 0 radical (unpaired) electrons. The molecule has 4 heterocycles. The number of morpholine rings is 1. The van der Waals surface area contributed by atoms with Gasteiger partial charge in [0.05, 0.1) is 41.5 Å². The minimum Gasteiger partial charge on any atom is -0.455 e. The second kappa shape index (κ2) is 19.6. The molecule has 2 amide bonds. The number of alkyl halides is 3. The van der Waals surface area contributed by atoms with E-state index in [-0.39, 0.29) is 51.6 Å². The van der Waals surface area contributed by atoms with Gasteiger partial charge in [0.15, 0.2) is 0 Å². The molecule has 1 unspecified atom stereocenters. The van der Waals surface area contributed by atoms with Crippen molar-refractivity contribution in [3.63, 3.8) is 0 Å². The maximum Gasteiger partial charge on any atom is 0.416 e. The van der Waals surface area contributed by atoms with Crippen LogP contribution in [0.5, 0.6) is 11.5 Å². The molecule has 8 rings (SSSR count). The highest BCUT2D eigenvalue weighted by atomic mass is 35.5. The number of H-pyrrole nitrogens is 1. The van der Waals surface area contributed by atoms with E-state index >= 15 is 0 Å². The van der Waals surface area contributed by atoms with Gasteiger partial charge in [0.25, 0.3) is 11.6 Å². The molecule has 348 valence electrons. The largest absolute Gasteiger partial charge is 0.455 e. The van der Waals surface area contributed by atoms with Gasteiger partial charge in [-0.15, -0.1) is 0 Å². The van der Waals surface area contributed by atoms with Gasteiger partial charge in [-0.2, -0.15) is 13.2 Å². The fraction of sp³-hybridized carbons (Fsp3) is 0.383. The number of rotatable bonds is 13. The third-order valence-electron chi connectivity index (χ3n) is 12.4. The van der Waals surface area contributed by atoms with Crippen molar-refractivity contribution >= 4 is 69.0 Å². The molecule has 14 nitrogen and oxygen atoms in total.